The number of amides is 1. The highest BCUT2D eigenvalue weighted by Crippen LogP contribution is 2.17. The second-order valence-electron chi connectivity index (χ2n) is 4.60. The van der Waals surface area contributed by atoms with Gasteiger partial charge in [0.05, 0.1) is 6.04 Å². The number of nitrogens with one attached hydrogen (secondary N) is 2. The van der Waals surface area contributed by atoms with Crippen LogP contribution in [0.2, 0.25) is 0 Å². The minimum absolute atomic E-state index is 0.0833. The van der Waals surface area contributed by atoms with Gasteiger partial charge in [-0.2, -0.15) is 0 Å². The van der Waals surface area contributed by atoms with Crippen molar-refractivity contribution in [1.82, 2.24) is 10.3 Å². The Kier molecular flexibility index (Phi) is 4.32. The number of hydrogen-bond donors (Lipinski definition) is 3. The molecule has 1 unspecified atom stereocenters. The Morgan fingerprint density at radius 2 is 1.95 bits per heavy atom. The van der Waals surface area contributed by atoms with E-state index in [1.54, 1.807) is 18.2 Å². The minimum atomic E-state index is -0.224. The average molecular weight is 270 g/mol. The fraction of sp³-hybridized carbons (Fsp3) is 0.200. The molecule has 1 aromatic carbocycles. The van der Waals surface area contributed by atoms with E-state index >= 15 is 0 Å². The van der Waals surface area contributed by atoms with Gasteiger partial charge >= 0.3 is 0 Å². The maximum Gasteiger partial charge on any atom is 0.270 e. The second-order valence-corrected chi connectivity index (χ2v) is 4.60. The van der Waals surface area contributed by atoms with E-state index in [9.17, 15) is 4.79 Å². The molecule has 1 heterocycles. The first-order valence-electron chi connectivity index (χ1n) is 6.42. The highest BCUT2D eigenvalue weighted by molar-refractivity contribution is 5.92. The molecule has 2 rings (SSSR count). The standard InChI is InChI=1S/C15H18N4O/c1-10-6-3-4-7-12(10)11(2)17-15(20)13-8-5-9-14(18-13)19-16/h3-9,11H,16H2,1-2H3,(H,17,20)(H,18,19). The van der Waals surface area contributed by atoms with Crippen molar-refractivity contribution in [2.75, 3.05) is 5.43 Å². The molecular formula is C15H18N4O. The number of aromatic nitrogens is 1. The number of hydrazine groups is 1. The lowest BCUT2D eigenvalue weighted by molar-refractivity contribution is 0.0935. The molecule has 0 fully saturated rings. The van der Waals surface area contributed by atoms with Gasteiger partial charge in [0.2, 0.25) is 0 Å². The number of aryl methyl sites for hydroxylation is 1. The Bertz CT molecular complexity index is 612. The van der Waals surface area contributed by atoms with Crippen LogP contribution >= 0.6 is 0 Å². The van der Waals surface area contributed by atoms with Crippen molar-refractivity contribution in [1.29, 1.82) is 0 Å². The van der Waals surface area contributed by atoms with E-state index in [-0.39, 0.29) is 11.9 Å². The number of pyridine rings is 1. The Morgan fingerprint density at radius 1 is 1.20 bits per heavy atom. The second kappa shape index (κ2) is 6.16. The molecule has 0 aliphatic rings. The fourth-order valence-corrected chi connectivity index (χ4v) is 2.06. The number of carbonyl (C=O) groups is 1. The van der Waals surface area contributed by atoms with Gasteiger partial charge in [0.25, 0.3) is 5.91 Å². The van der Waals surface area contributed by atoms with Gasteiger partial charge in [-0.05, 0) is 37.1 Å². The summed E-state index contributed by atoms with van der Waals surface area (Å²) in [6.07, 6.45) is 0. The van der Waals surface area contributed by atoms with Gasteiger partial charge in [0.1, 0.15) is 11.5 Å². The summed E-state index contributed by atoms with van der Waals surface area (Å²) in [6.45, 7) is 3.97. The summed E-state index contributed by atoms with van der Waals surface area (Å²) in [5.41, 5.74) is 5.00. The molecule has 0 saturated heterocycles. The van der Waals surface area contributed by atoms with E-state index in [1.165, 1.54) is 0 Å². The lowest BCUT2D eigenvalue weighted by Gasteiger charge is -2.16. The third-order valence-electron chi connectivity index (χ3n) is 3.13. The van der Waals surface area contributed by atoms with Crippen LogP contribution in [-0.2, 0) is 0 Å². The maximum atomic E-state index is 12.2. The van der Waals surface area contributed by atoms with Crippen molar-refractivity contribution in [2.24, 2.45) is 5.84 Å². The molecule has 0 bridgehead atoms. The largest absolute Gasteiger partial charge is 0.344 e. The molecule has 20 heavy (non-hydrogen) atoms. The van der Waals surface area contributed by atoms with Crippen LogP contribution < -0.4 is 16.6 Å². The van der Waals surface area contributed by atoms with Crippen LogP contribution in [0.4, 0.5) is 5.82 Å². The number of nitrogens with two attached hydrogens (primary N) is 1. The molecule has 5 heteroatoms. The van der Waals surface area contributed by atoms with Crippen LogP contribution in [0.3, 0.4) is 0 Å². The van der Waals surface area contributed by atoms with Crippen molar-refractivity contribution in [3.8, 4) is 0 Å². The zero-order chi connectivity index (χ0) is 14.5. The van der Waals surface area contributed by atoms with Crippen LogP contribution in [-0.4, -0.2) is 10.9 Å². The first-order chi connectivity index (χ1) is 9.61. The number of rotatable bonds is 4. The van der Waals surface area contributed by atoms with Gasteiger partial charge < -0.3 is 10.7 Å². The van der Waals surface area contributed by atoms with Gasteiger partial charge in [0, 0.05) is 0 Å². The summed E-state index contributed by atoms with van der Waals surface area (Å²) in [5, 5.41) is 2.93. The highest BCUT2D eigenvalue weighted by Gasteiger charge is 2.14. The Labute approximate surface area is 118 Å². The summed E-state index contributed by atoms with van der Waals surface area (Å²) in [5.74, 6) is 5.52. The lowest BCUT2D eigenvalue weighted by atomic mass is 10.0. The molecule has 0 radical (unpaired) electrons. The Morgan fingerprint density at radius 3 is 2.65 bits per heavy atom. The molecule has 0 saturated carbocycles. The number of benzene rings is 1. The Balaban J connectivity index is 2.13. The van der Waals surface area contributed by atoms with Crippen molar-refractivity contribution in [2.45, 2.75) is 19.9 Å². The van der Waals surface area contributed by atoms with E-state index in [0.29, 0.717) is 11.5 Å². The number of anilines is 1. The van der Waals surface area contributed by atoms with Crippen LogP contribution in [0.5, 0.6) is 0 Å². The van der Waals surface area contributed by atoms with Crippen LogP contribution in [0.25, 0.3) is 0 Å². The van der Waals surface area contributed by atoms with Crippen LogP contribution in [0, 0.1) is 6.92 Å². The quantitative estimate of drug-likeness (QED) is 0.587. The first kappa shape index (κ1) is 14.0. The van der Waals surface area contributed by atoms with Crippen molar-refractivity contribution in [3.05, 3.63) is 59.3 Å². The van der Waals surface area contributed by atoms with Crippen LogP contribution in [0.1, 0.15) is 34.6 Å². The normalized spacial score (nSPS) is 11.8. The van der Waals surface area contributed by atoms with Gasteiger partial charge in [-0.3, -0.25) is 4.79 Å². The van der Waals surface area contributed by atoms with E-state index < -0.39 is 0 Å². The predicted molar refractivity (Wildman–Crippen MR) is 79.1 cm³/mol. The molecule has 1 amide bonds. The highest BCUT2D eigenvalue weighted by atomic mass is 16.1. The average Bonchev–Trinajstić information content (AvgIpc) is 2.47. The van der Waals surface area contributed by atoms with Gasteiger partial charge in [-0.1, -0.05) is 30.3 Å². The van der Waals surface area contributed by atoms with Gasteiger partial charge in [0.15, 0.2) is 0 Å². The molecule has 2 aromatic rings. The van der Waals surface area contributed by atoms with Crippen molar-refractivity contribution >= 4 is 11.7 Å². The zero-order valence-electron chi connectivity index (χ0n) is 11.6. The van der Waals surface area contributed by atoms with E-state index in [0.717, 1.165) is 11.1 Å². The van der Waals surface area contributed by atoms with Crippen LogP contribution in [0.15, 0.2) is 42.5 Å². The third-order valence-corrected chi connectivity index (χ3v) is 3.13. The zero-order valence-corrected chi connectivity index (χ0v) is 11.6. The molecular weight excluding hydrogens is 252 g/mol. The van der Waals surface area contributed by atoms with E-state index in [2.05, 4.69) is 15.7 Å². The number of carbonyl (C=O) groups excluding carboxylic acids is 1. The minimum Gasteiger partial charge on any atom is -0.344 e. The molecule has 0 aliphatic heterocycles. The third kappa shape index (κ3) is 3.13. The molecule has 1 aromatic heterocycles. The number of hydrogen-bond acceptors (Lipinski definition) is 4. The molecule has 5 nitrogen and oxygen atoms in total. The molecule has 104 valence electrons. The van der Waals surface area contributed by atoms with Gasteiger partial charge in [-0.15, -0.1) is 0 Å². The summed E-state index contributed by atoms with van der Waals surface area (Å²) in [7, 11) is 0. The van der Waals surface area contributed by atoms with Gasteiger partial charge in [-0.25, -0.2) is 10.8 Å². The molecule has 1 atom stereocenters. The molecule has 0 aliphatic carbocycles. The SMILES string of the molecule is Cc1ccccc1C(C)NC(=O)c1cccc(NN)n1. The topological polar surface area (TPSA) is 80.0 Å². The number of nitrogens with zero attached hydrogens (tertiary/aromatic N) is 1. The van der Waals surface area contributed by atoms with E-state index in [1.807, 2.05) is 38.1 Å². The predicted octanol–water partition coefficient (Wildman–Crippen LogP) is 2.17. The summed E-state index contributed by atoms with van der Waals surface area (Å²) < 4.78 is 0. The lowest BCUT2D eigenvalue weighted by Crippen LogP contribution is -2.28. The van der Waals surface area contributed by atoms with Crippen molar-refractivity contribution in [3.63, 3.8) is 0 Å². The number of nitrogen functional groups attached to an aromatic ring is 1. The smallest absolute Gasteiger partial charge is 0.270 e. The molecule has 4 N–H and O–H groups in total. The van der Waals surface area contributed by atoms with Crippen molar-refractivity contribution < 1.29 is 4.79 Å². The van der Waals surface area contributed by atoms with E-state index in [4.69, 9.17) is 5.84 Å². The maximum absolute atomic E-state index is 12.2. The summed E-state index contributed by atoms with van der Waals surface area (Å²) >= 11 is 0. The summed E-state index contributed by atoms with van der Waals surface area (Å²) in [4.78, 5) is 16.3. The molecule has 0 spiro atoms. The monoisotopic (exact) mass is 270 g/mol. The fourth-order valence-electron chi connectivity index (χ4n) is 2.06. The first-order valence-corrected chi connectivity index (χ1v) is 6.42. The Hall–Kier alpha value is -2.40. The summed E-state index contributed by atoms with van der Waals surface area (Å²) in [6, 6.07) is 13.0.